The lowest BCUT2D eigenvalue weighted by Gasteiger charge is -2.40. The van der Waals surface area contributed by atoms with E-state index in [1.165, 1.54) is 90.5 Å². The third-order valence-electron chi connectivity index (χ3n) is 5.65. The predicted octanol–water partition coefficient (Wildman–Crippen LogP) is 3.03. The Morgan fingerprint density at radius 1 is 1.06 bits per heavy atom. The van der Waals surface area contributed by atoms with Crippen molar-refractivity contribution < 1.29 is 0 Å². The topological polar surface area (TPSA) is 15.3 Å². The van der Waals surface area contributed by atoms with Crippen LogP contribution in [0.3, 0.4) is 0 Å². The highest BCUT2D eigenvalue weighted by Crippen LogP contribution is 2.36. The zero-order valence-electron chi connectivity index (χ0n) is 11.9. The van der Waals surface area contributed by atoms with Crippen molar-refractivity contribution in [3.05, 3.63) is 0 Å². The quantitative estimate of drug-likeness (QED) is 0.828. The lowest BCUT2D eigenvalue weighted by Crippen LogP contribution is -2.45. The summed E-state index contributed by atoms with van der Waals surface area (Å²) >= 11 is 0. The second-order valence-electron chi connectivity index (χ2n) is 7.10. The number of nitrogens with zero attached hydrogens (tertiary/aromatic N) is 1. The number of hydrogen-bond donors (Lipinski definition) is 1. The van der Waals surface area contributed by atoms with E-state index in [0.717, 1.165) is 5.92 Å². The summed E-state index contributed by atoms with van der Waals surface area (Å²) < 4.78 is 0. The molecule has 18 heavy (non-hydrogen) atoms. The van der Waals surface area contributed by atoms with Crippen LogP contribution < -0.4 is 5.32 Å². The second kappa shape index (κ2) is 5.92. The molecule has 2 heteroatoms. The largest absolute Gasteiger partial charge is 0.316 e. The Morgan fingerprint density at radius 2 is 1.94 bits per heavy atom. The van der Waals surface area contributed by atoms with Crippen LogP contribution in [0.15, 0.2) is 0 Å². The molecular formula is C16H30N2. The van der Waals surface area contributed by atoms with Gasteiger partial charge in [0.25, 0.3) is 0 Å². The summed E-state index contributed by atoms with van der Waals surface area (Å²) in [5.74, 6) is 1.05. The maximum absolute atomic E-state index is 3.58. The molecule has 1 aliphatic carbocycles. The molecule has 0 aromatic rings. The minimum atomic E-state index is 0.658. The molecule has 3 fully saturated rings. The highest BCUT2D eigenvalue weighted by Gasteiger charge is 2.37. The van der Waals surface area contributed by atoms with E-state index in [4.69, 9.17) is 0 Å². The molecule has 2 saturated heterocycles. The first-order valence-electron chi connectivity index (χ1n) is 8.29. The molecule has 2 aliphatic heterocycles. The van der Waals surface area contributed by atoms with Crippen molar-refractivity contribution in [1.29, 1.82) is 0 Å². The van der Waals surface area contributed by atoms with Gasteiger partial charge in [-0.05, 0) is 56.7 Å². The lowest BCUT2D eigenvalue weighted by molar-refractivity contribution is 0.0958. The molecule has 104 valence electrons. The van der Waals surface area contributed by atoms with Gasteiger partial charge in [-0.25, -0.2) is 0 Å². The number of rotatable bonds is 3. The van der Waals surface area contributed by atoms with Crippen molar-refractivity contribution >= 4 is 0 Å². The standard InChI is InChI=1S/C16H30N2/c1-2-5-15(6-3-1)7-12-18-11-4-8-16(14-18)9-10-17-13-16/h15,17H,1-14H2. The van der Waals surface area contributed by atoms with Crippen molar-refractivity contribution in [1.82, 2.24) is 10.2 Å². The summed E-state index contributed by atoms with van der Waals surface area (Å²) in [7, 11) is 0. The first-order chi connectivity index (χ1) is 8.86. The van der Waals surface area contributed by atoms with Crippen molar-refractivity contribution in [2.75, 3.05) is 32.7 Å². The molecule has 1 saturated carbocycles. The Kier molecular flexibility index (Phi) is 4.25. The summed E-state index contributed by atoms with van der Waals surface area (Å²) in [4.78, 5) is 2.78. The monoisotopic (exact) mass is 250 g/mol. The third kappa shape index (κ3) is 3.08. The maximum atomic E-state index is 3.58. The molecule has 0 amide bonds. The van der Waals surface area contributed by atoms with Crippen LogP contribution in [0.5, 0.6) is 0 Å². The Balaban J connectivity index is 1.44. The van der Waals surface area contributed by atoms with E-state index < -0.39 is 0 Å². The number of piperidine rings is 1. The van der Waals surface area contributed by atoms with E-state index in [9.17, 15) is 0 Å². The summed E-state index contributed by atoms with van der Waals surface area (Å²) in [6.07, 6.45) is 13.3. The summed E-state index contributed by atoms with van der Waals surface area (Å²) in [5, 5.41) is 3.58. The molecule has 0 aromatic heterocycles. The van der Waals surface area contributed by atoms with Gasteiger partial charge in [0.1, 0.15) is 0 Å². The molecule has 1 unspecified atom stereocenters. The number of nitrogens with one attached hydrogen (secondary N) is 1. The van der Waals surface area contributed by atoms with Crippen molar-refractivity contribution in [2.45, 2.75) is 57.8 Å². The molecular weight excluding hydrogens is 220 g/mol. The normalized spacial score (nSPS) is 35.3. The zero-order chi connectivity index (χ0) is 12.3. The van der Waals surface area contributed by atoms with Crippen LogP contribution in [0.25, 0.3) is 0 Å². The predicted molar refractivity (Wildman–Crippen MR) is 76.8 cm³/mol. The fraction of sp³-hybridized carbons (Fsp3) is 1.00. The maximum Gasteiger partial charge on any atom is 0.00506 e. The van der Waals surface area contributed by atoms with Gasteiger partial charge in [0.05, 0.1) is 0 Å². The summed E-state index contributed by atoms with van der Waals surface area (Å²) in [5.41, 5.74) is 0.658. The second-order valence-corrected chi connectivity index (χ2v) is 7.10. The van der Waals surface area contributed by atoms with Gasteiger partial charge in [-0.1, -0.05) is 32.1 Å². The molecule has 0 aromatic carbocycles. The Labute approximate surface area is 113 Å². The van der Waals surface area contributed by atoms with Gasteiger partial charge >= 0.3 is 0 Å². The molecule has 1 spiro atoms. The van der Waals surface area contributed by atoms with E-state index in [2.05, 4.69) is 10.2 Å². The van der Waals surface area contributed by atoms with Gasteiger partial charge in [0.15, 0.2) is 0 Å². The van der Waals surface area contributed by atoms with Gasteiger partial charge in [-0.3, -0.25) is 0 Å². The molecule has 3 aliphatic rings. The van der Waals surface area contributed by atoms with E-state index in [1.807, 2.05) is 0 Å². The molecule has 1 atom stereocenters. The summed E-state index contributed by atoms with van der Waals surface area (Å²) in [6, 6.07) is 0. The Hall–Kier alpha value is -0.0800. The van der Waals surface area contributed by atoms with Crippen LogP contribution in [0.1, 0.15) is 57.8 Å². The van der Waals surface area contributed by atoms with E-state index in [1.54, 1.807) is 0 Å². The van der Waals surface area contributed by atoms with Crippen molar-refractivity contribution in [3.63, 3.8) is 0 Å². The molecule has 0 bridgehead atoms. The van der Waals surface area contributed by atoms with Gasteiger partial charge < -0.3 is 10.2 Å². The van der Waals surface area contributed by atoms with Crippen LogP contribution in [0.4, 0.5) is 0 Å². The molecule has 2 nitrogen and oxygen atoms in total. The highest BCUT2D eigenvalue weighted by molar-refractivity contribution is 4.93. The average Bonchev–Trinajstić information content (AvgIpc) is 2.86. The van der Waals surface area contributed by atoms with E-state index in [-0.39, 0.29) is 0 Å². The average molecular weight is 250 g/mol. The molecule has 1 N–H and O–H groups in total. The minimum Gasteiger partial charge on any atom is -0.316 e. The van der Waals surface area contributed by atoms with Gasteiger partial charge in [0, 0.05) is 13.1 Å². The smallest absolute Gasteiger partial charge is 0.00506 e. The fourth-order valence-electron chi connectivity index (χ4n) is 4.49. The minimum absolute atomic E-state index is 0.658. The fourth-order valence-corrected chi connectivity index (χ4v) is 4.49. The highest BCUT2D eigenvalue weighted by atomic mass is 15.1. The van der Waals surface area contributed by atoms with Crippen LogP contribution >= 0.6 is 0 Å². The summed E-state index contributed by atoms with van der Waals surface area (Å²) in [6.45, 7) is 6.68. The van der Waals surface area contributed by atoms with E-state index in [0.29, 0.717) is 5.41 Å². The Morgan fingerprint density at radius 3 is 2.72 bits per heavy atom. The van der Waals surface area contributed by atoms with Crippen molar-refractivity contribution in [3.8, 4) is 0 Å². The third-order valence-corrected chi connectivity index (χ3v) is 5.65. The van der Waals surface area contributed by atoms with Crippen LogP contribution in [0, 0.1) is 11.3 Å². The first kappa shape index (κ1) is 12.9. The molecule has 0 radical (unpaired) electrons. The van der Waals surface area contributed by atoms with Crippen molar-refractivity contribution in [2.24, 2.45) is 11.3 Å². The SMILES string of the molecule is C1CCC(CCN2CCCC3(CCNC3)C2)CC1. The lowest BCUT2D eigenvalue weighted by atomic mass is 9.79. The van der Waals surface area contributed by atoms with Crippen LogP contribution in [0.2, 0.25) is 0 Å². The zero-order valence-corrected chi connectivity index (χ0v) is 11.9. The number of hydrogen-bond acceptors (Lipinski definition) is 2. The molecule has 2 heterocycles. The van der Waals surface area contributed by atoms with Gasteiger partial charge in [-0.2, -0.15) is 0 Å². The van der Waals surface area contributed by atoms with Gasteiger partial charge in [0.2, 0.25) is 0 Å². The molecule has 3 rings (SSSR count). The van der Waals surface area contributed by atoms with Crippen LogP contribution in [-0.4, -0.2) is 37.6 Å². The van der Waals surface area contributed by atoms with E-state index >= 15 is 0 Å². The van der Waals surface area contributed by atoms with Gasteiger partial charge in [-0.15, -0.1) is 0 Å². The Bertz CT molecular complexity index is 252. The first-order valence-corrected chi connectivity index (χ1v) is 8.29. The van der Waals surface area contributed by atoms with Crippen LogP contribution in [-0.2, 0) is 0 Å². The number of likely N-dealkylation sites (tertiary alicyclic amines) is 1.